The first kappa shape index (κ1) is 11.4. The van der Waals surface area contributed by atoms with Gasteiger partial charge in [-0.3, -0.25) is 0 Å². The number of rotatable bonds is 1. The predicted octanol–water partition coefficient (Wildman–Crippen LogP) is 2.37. The summed E-state index contributed by atoms with van der Waals surface area (Å²) in [6.07, 6.45) is 4.30. The molecule has 3 nitrogen and oxygen atoms in total. The number of aryl methyl sites for hydroxylation is 1. The zero-order valence-electron chi connectivity index (χ0n) is 10.2. The van der Waals surface area contributed by atoms with Crippen molar-refractivity contribution in [1.29, 1.82) is 0 Å². The van der Waals surface area contributed by atoms with E-state index in [1.165, 1.54) is 0 Å². The maximum absolute atomic E-state index is 10.7. The molecule has 0 amide bonds. The molecule has 0 aliphatic heterocycles. The highest BCUT2D eigenvalue weighted by atomic mass is 16.3. The molecule has 1 unspecified atom stereocenters. The van der Waals surface area contributed by atoms with E-state index in [-0.39, 0.29) is 5.41 Å². The van der Waals surface area contributed by atoms with Gasteiger partial charge in [0.2, 0.25) is 0 Å². The highest BCUT2D eigenvalue weighted by molar-refractivity contribution is 5.45. The maximum Gasteiger partial charge on any atom is 0.129 e. The van der Waals surface area contributed by atoms with E-state index in [2.05, 4.69) is 18.8 Å². The number of aromatic nitrogens is 1. The largest absolute Gasteiger partial charge is 0.385 e. The minimum Gasteiger partial charge on any atom is -0.385 e. The molecule has 1 heterocycles. The van der Waals surface area contributed by atoms with E-state index in [9.17, 15) is 5.11 Å². The molecule has 1 aromatic heterocycles. The minimum absolute atomic E-state index is 0.185. The molecule has 1 aliphatic rings. The molecule has 1 saturated carbocycles. The fourth-order valence-electron chi connectivity index (χ4n) is 2.70. The first-order chi connectivity index (χ1) is 7.32. The first-order valence-electron chi connectivity index (χ1n) is 5.77. The highest BCUT2D eigenvalue weighted by Crippen LogP contribution is 2.49. The van der Waals surface area contributed by atoms with Crippen LogP contribution in [0.2, 0.25) is 0 Å². The van der Waals surface area contributed by atoms with Gasteiger partial charge >= 0.3 is 0 Å². The number of hydrogen-bond acceptors (Lipinski definition) is 3. The summed E-state index contributed by atoms with van der Waals surface area (Å²) in [5.41, 5.74) is 7.12. The Morgan fingerprint density at radius 1 is 1.38 bits per heavy atom. The average molecular weight is 220 g/mol. The van der Waals surface area contributed by atoms with Crippen LogP contribution in [0.5, 0.6) is 0 Å². The Kier molecular flexibility index (Phi) is 2.46. The molecule has 1 aromatic rings. The molecule has 3 N–H and O–H groups in total. The van der Waals surface area contributed by atoms with Gasteiger partial charge in [0.05, 0.1) is 5.60 Å². The Labute approximate surface area is 96.7 Å². The molecule has 0 bridgehead atoms. The van der Waals surface area contributed by atoms with E-state index in [1.807, 2.05) is 13.0 Å². The summed E-state index contributed by atoms with van der Waals surface area (Å²) in [6.45, 7) is 6.34. The quantitative estimate of drug-likeness (QED) is 0.764. The Balaban J connectivity index is 2.41. The number of nitrogen functional groups attached to an aromatic ring is 1. The second kappa shape index (κ2) is 3.45. The first-order valence-corrected chi connectivity index (χ1v) is 5.77. The van der Waals surface area contributed by atoms with Gasteiger partial charge in [0.1, 0.15) is 5.82 Å². The van der Waals surface area contributed by atoms with Gasteiger partial charge in [-0.2, -0.15) is 0 Å². The number of hydrogen-bond donors (Lipinski definition) is 2. The molecule has 0 aromatic carbocycles. The highest BCUT2D eigenvalue weighted by Gasteiger charge is 2.44. The Morgan fingerprint density at radius 2 is 2.06 bits per heavy atom. The van der Waals surface area contributed by atoms with E-state index in [0.29, 0.717) is 5.82 Å². The van der Waals surface area contributed by atoms with Gasteiger partial charge in [-0.05, 0) is 43.2 Å². The fourth-order valence-corrected chi connectivity index (χ4v) is 2.70. The normalized spacial score (nSPS) is 28.2. The van der Waals surface area contributed by atoms with Gasteiger partial charge in [0.25, 0.3) is 0 Å². The SMILES string of the molecule is Cc1cnc(N)c(C2(O)CCC(C)(C)C2)c1. The minimum atomic E-state index is -0.785. The van der Waals surface area contributed by atoms with Crippen molar-refractivity contribution in [3.8, 4) is 0 Å². The number of anilines is 1. The lowest BCUT2D eigenvalue weighted by molar-refractivity contribution is 0.0343. The van der Waals surface area contributed by atoms with Crippen LogP contribution < -0.4 is 5.73 Å². The molecule has 2 rings (SSSR count). The lowest BCUT2D eigenvalue weighted by atomic mass is 9.85. The van der Waals surface area contributed by atoms with Crippen LogP contribution in [0, 0.1) is 12.3 Å². The van der Waals surface area contributed by atoms with Crippen molar-refractivity contribution in [2.45, 2.75) is 45.6 Å². The summed E-state index contributed by atoms with van der Waals surface area (Å²) in [7, 11) is 0. The molecule has 88 valence electrons. The average Bonchev–Trinajstić information content (AvgIpc) is 2.46. The van der Waals surface area contributed by atoms with Crippen LogP contribution in [-0.4, -0.2) is 10.1 Å². The number of pyridine rings is 1. The van der Waals surface area contributed by atoms with E-state index in [1.54, 1.807) is 6.20 Å². The van der Waals surface area contributed by atoms with Gasteiger partial charge in [0, 0.05) is 11.8 Å². The van der Waals surface area contributed by atoms with Crippen LogP contribution in [0.4, 0.5) is 5.82 Å². The number of aliphatic hydroxyl groups is 1. The summed E-state index contributed by atoms with van der Waals surface area (Å²) < 4.78 is 0. The van der Waals surface area contributed by atoms with Gasteiger partial charge in [-0.25, -0.2) is 4.98 Å². The monoisotopic (exact) mass is 220 g/mol. The molecular weight excluding hydrogens is 200 g/mol. The van der Waals surface area contributed by atoms with Crippen molar-refractivity contribution in [2.75, 3.05) is 5.73 Å². The van der Waals surface area contributed by atoms with Crippen LogP contribution in [-0.2, 0) is 5.60 Å². The van der Waals surface area contributed by atoms with Crippen LogP contribution in [0.25, 0.3) is 0 Å². The number of nitrogens with zero attached hydrogens (tertiary/aromatic N) is 1. The van der Waals surface area contributed by atoms with E-state index in [4.69, 9.17) is 5.73 Å². The van der Waals surface area contributed by atoms with Crippen LogP contribution >= 0.6 is 0 Å². The lowest BCUT2D eigenvalue weighted by Crippen LogP contribution is -2.25. The maximum atomic E-state index is 10.7. The molecule has 1 aliphatic carbocycles. The zero-order chi connectivity index (χ0) is 12.0. The van der Waals surface area contributed by atoms with Crippen molar-refractivity contribution in [3.05, 3.63) is 23.4 Å². The van der Waals surface area contributed by atoms with E-state index >= 15 is 0 Å². The third kappa shape index (κ3) is 1.92. The van der Waals surface area contributed by atoms with Crippen LogP contribution in [0.15, 0.2) is 12.3 Å². The molecule has 16 heavy (non-hydrogen) atoms. The third-order valence-electron chi connectivity index (χ3n) is 3.54. The predicted molar refractivity (Wildman–Crippen MR) is 64.9 cm³/mol. The lowest BCUT2D eigenvalue weighted by Gasteiger charge is -2.26. The van der Waals surface area contributed by atoms with Crippen molar-refractivity contribution < 1.29 is 5.11 Å². The van der Waals surface area contributed by atoms with Crippen LogP contribution in [0.1, 0.15) is 44.2 Å². The summed E-state index contributed by atoms with van der Waals surface area (Å²) >= 11 is 0. The van der Waals surface area contributed by atoms with Crippen LogP contribution in [0.3, 0.4) is 0 Å². The molecule has 0 saturated heterocycles. The summed E-state index contributed by atoms with van der Waals surface area (Å²) in [6, 6.07) is 1.96. The van der Waals surface area contributed by atoms with Crippen molar-refractivity contribution in [1.82, 2.24) is 4.98 Å². The van der Waals surface area contributed by atoms with Gasteiger partial charge < -0.3 is 10.8 Å². The standard InChI is InChI=1S/C13H20N2O/c1-9-6-10(11(14)15-7-9)13(16)5-4-12(2,3)8-13/h6-7,16H,4-5,8H2,1-3H3,(H2,14,15). The second-order valence-electron chi connectivity index (χ2n) is 5.82. The summed E-state index contributed by atoms with van der Waals surface area (Å²) in [5.74, 6) is 0.464. The molecule has 0 spiro atoms. The smallest absolute Gasteiger partial charge is 0.129 e. The van der Waals surface area contributed by atoms with Gasteiger partial charge in [-0.1, -0.05) is 13.8 Å². The van der Waals surface area contributed by atoms with E-state index < -0.39 is 5.60 Å². The summed E-state index contributed by atoms with van der Waals surface area (Å²) in [5, 5.41) is 10.7. The molecule has 1 fully saturated rings. The molecular formula is C13H20N2O. The fraction of sp³-hybridized carbons (Fsp3) is 0.615. The Bertz CT molecular complexity index is 414. The second-order valence-corrected chi connectivity index (χ2v) is 5.82. The molecule has 0 radical (unpaired) electrons. The summed E-state index contributed by atoms with van der Waals surface area (Å²) in [4.78, 5) is 4.13. The number of nitrogens with two attached hydrogens (primary N) is 1. The zero-order valence-corrected chi connectivity index (χ0v) is 10.2. The van der Waals surface area contributed by atoms with Gasteiger partial charge in [-0.15, -0.1) is 0 Å². The van der Waals surface area contributed by atoms with Crippen molar-refractivity contribution in [2.24, 2.45) is 5.41 Å². The van der Waals surface area contributed by atoms with Crippen molar-refractivity contribution >= 4 is 5.82 Å². The Hall–Kier alpha value is -1.09. The topological polar surface area (TPSA) is 59.1 Å². The molecule has 1 atom stereocenters. The van der Waals surface area contributed by atoms with E-state index in [0.717, 1.165) is 30.4 Å². The Morgan fingerprint density at radius 3 is 2.62 bits per heavy atom. The third-order valence-corrected chi connectivity index (χ3v) is 3.54. The molecule has 3 heteroatoms. The van der Waals surface area contributed by atoms with Crippen molar-refractivity contribution in [3.63, 3.8) is 0 Å². The van der Waals surface area contributed by atoms with Gasteiger partial charge in [0.15, 0.2) is 0 Å².